The van der Waals surface area contributed by atoms with Gasteiger partial charge in [-0.2, -0.15) is 0 Å². The average Bonchev–Trinajstić information content (AvgIpc) is 2.89. The third-order valence-corrected chi connectivity index (χ3v) is 3.60. The largest absolute Gasteiger partial charge is 0.507 e. The highest BCUT2D eigenvalue weighted by Gasteiger charge is 2.38. The van der Waals surface area contributed by atoms with Crippen molar-refractivity contribution in [2.45, 2.75) is 45.6 Å². The molecule has 1 aliphatic carbocycles. The normalized spacial score (nSPS) is 17.9. The van der Waals surface area contributed by atoms with Crippen molar-refractivity contribution < 1.29 is 5.11 Å². The van der Waals surface area contributed by atoms with Crippen LogP contribution < -0.4 is 5.73 Å². The predicted octanol–water partition coefficient (Wildman–Crippen LogP) is 2.35. The van der Waals surface area contributed by atoms with Crippen molar-refractivity contribution in [3.8, 4) is 5.75 Å². The third-order valence-electron chi connectivity index (χ3n) is 3.60. The smallest absolute Gasteiger partial charge is 0.121 e. The molecule has 0 bridgehead atoms. The zero-order valence-electron chi connectivity index (χ0n) is 9.72. The number of hydrogen-bond donors (Lipinski definition) is 2. The van der Waals surface area contributed by atoms with E-state index >= 15 is 0 Å². The van der Waals surface area contributed by atoms with Crippen LogP contribution in [-0.4, -0.2) is 10.6 Å². The predicted molar refractivity (Wildman–Crippen MR) is 62.2 cm³/mol. The van der Waals surface area contributed by atoms with E-state index in [0.717, 1.165) is 30.4 Å². The van der Waals surface area contributed by atoms with E-state index in [1.165, 1.54) is 11.1 Å². The number of aromatic hydroxyl groups is 1. The first kappa shape index (κ1) is 10.5. The summed E-state index contributed by atoms with van der Waals surface area (Å²) in [5.41, 5.74) is 10.6. The van der Waals surface area contributed by atoms with Crippen molar-refractivity contribution in [1.82, 2.24) is 0 Å². The summed E-state index contributed by atoms with van der Waals surface area (Å²) in [4.78, 5) is 0. The highest BCUT2D eigenvalue weighted by atomic mass is 16.3. The standard InChI is InChI=1S/C13H19NO/c1-8-6-11(7-13(14)4-5-13)9(2)10(3)12(8)15/h6,15H,4-5,7,14H2,1-3H3. The summed E-state index contributed by atoms with van der Waals surface area (Å²) in [5.74, 6) is 0.429. The van der Waals surface area contributed by atoms with Crippen molar-refractivity contribution >= 4 is 0 Å². The van der Waals surface area contributed by atoms with E-state index in [-0.39, 0.29) is 5.54 Å². The Morgan fingerprint density at radius 3 is 2.40 bits per heavy atom. The Morgan fingerprint density at radius 2 is 1.87 bits per heavy atom. The molecule has 82 valence electrons. The monoisotopic (exact) mass is 205 g/mol. The summed E-state index contributed by atoms with van der Waals surface area (Å²) in [7, 11) is 0. The zero-order valence-corrected chi connectivity index (χ0v) is 9.72. The molecule has 1 aliphatic rings. The molecule has 0 heterocycles. The average molecular weight is 205 g/mol. The van der Waals surface area contributed by atoms with Gasteiger partial charge in [0.25, 0.3) is 0 Å². The number of nitrogens with two attached hydrogens (primary N) is 1. The van der Waals surface area contributed by atoms with Crippen LogP contribution in [0, 0.1) is 20.8 Å². The summed E-state index contributed by atoms with van der Waals surface area (Å²) < 4.78 is 0. The van der Waals surface area contributed by atoms with Gasteiger partial charge < -0.3 is 10.8 Å². The molecule has 0 unspecified atom stereocenters. The first-order chi connectivity index (χ1) is 6.93. The van der Waals surface area contributed by atoms with Crippen molar-refractivity contribution in [3.05, 3.63) is 28.3 Å². The Hall–Kier alpha value is -1.02. The maximum Gasteiger partial charge on any atom is 0.121 e. The van der Waals surface area contributed by atoms with Gasteiger partial charge in [-0.05, 0) is 62.3 Å². The lowest BCUT2D eigenvalue weighted by atomic mass is 9.94. The van der Waals surface area contributed by atoms with Crippen LogP contribution in [0.5, 0.6) is 5.75 Å². The number of hydrogen-bond acceptors (Lipinski definition) is 2. The van der Waals surface area contributed by atoms with Gasteiger partial charge in [-0.15, -0.1) is 0 Å². The minimum atomic E-state index is 0.0423. The molecule has 1 aromatic rings. The van der Waals surface area contributed by atoms with Crippen LogP contribution in [0.25, 0.3) is 0 Å². The van der Waals surface area contributed by atoms with Gasteiger partial charge in [-0.1, -0.05) is 6.07 Å². The quantitative estimate of drug-likeness (QED) is 0.778. The highest BCUT2D eigenvalue weighted by molar-refractivity contribution is 5.48. The van der Waals surface area contributed by atoms with E-state index in [4.69, 9.17) is 5.73 Å². The second-order valence-corrected chi connectivity index (χ2v) is 4.99. The molecule has 1 aromatic carbocycles. The minimum absolute atomic E-state index is 0.0423. The summed E-state index contributed by atoms with van der Waals surface area (Å²) in [6, 6.07) is 2.07. The molecule has 3 N–H and O–H groups in total. The molecule has 0 atom stereocenters. The summed E-state index contributed by atoms with van der Waals surface area (Å²) in [6.07, 6.45) is 3.21. The molecule has 0 amide bonds. The molecule has 0 saturated heterocycles. The number of phenolic OH excluding ortho intramolecular Hbond substituents is 1. The van der Waals surface area contributed by atoms with Crippen LogP contribution in [0.15, 0.2) is 6.07 Å². The Kier molecular flexibility index (Phi) is 2.27. The van der Waals surface area contributed by atoms with Crippen LogP contribution in [-0.2, 0) is 6.42 Å². The van der Waals surface area contributed by atoms with E-state index < -0.39 is 0 Å². The molecule has 0 radical (unpaired) electrons. The first-order valence-electron chi connectivity index (χ1n) is 5.50. The molecular formula is C13H19NO. The molecular weight excluding hydrogens is 186 g/mol. The molecule has 1 fully saturated rings. The molecule has 0 spiro atoms. The van der Waals surface area contributed by atoms with Gasteiger partial charge >= 0.3 is 0 Å². The SMILES string of the molecule is Cc1cc(CC2(N)CC2)c(C)c(C)c1O. The Bertz CT molecular complexity index is 405. The maximum atomic E-state index is 9.79. The minimum Gasteiger partial charge on any atom is -0.507 e. The van der Waals surface area contributed by atoms with Crippen molar-refractivity contribution in [1.29, 1.82) is 0 Å². The maximum absolute atomic E-state index is 9.79. The van der Waals surface area contributed by atoms with Gasteiger partial charge in [0, 0.05) is 5.54 Å². The van der Waals surface area contributed by atoms with Gasteiger partial charge in [-0.3, -0.25) is 0 Å². The van der Waals surface area contributed by atoms with E-state index in [1.54, 1.807) is 0 Å². The summed E-state index contributed by atoms with van der Waals surface area (Å²) in [5, 5.41) is 9.79. The van der Waals surface area contributed by atoms with Gasteiger partial charge in [0.05, 0.1) is 0 Å². The van der Waals surface area contributed by atoms with E-state index in [1.807, 2.05) is 13.8 Å². The highest BCUT2D eigenvalue weighted by Crippen LogP contribution is 2.38. The zero-order chi connectivity index (χ0) is 11.2. The van der Waals surface area contributed by atoms with Gasteiger partial charge in [0.1, 0.15) is 5.75 Å². The number of rotatable bonds is 2. The van der Waals surface area contributed by atoms with Crippen molar-refractivity contribution in [2.24, 2.45) is 5.73 Å². The van der Waals surface area contributed by atoms with Crippen LogP contribution in [0.3, 0.4) is 0 Å². The lowest BCUT2D eigenvalue weighted by molar-refractivity contribution is 0.465. The van der Waals surface area contributed by atoms with Gasteiger partial charge in [0.15, 0.2) is 0 Å². The Labute approximate surface area is 91.1 Å². The number of aryl methyl sites for hydroxylation is 1. The van der Waals surface area contributed by atoms with Crippen molar-refractivity contribution in [2.75, 3.05) is 0 Å². The lowest BCUT2D eigenvalue weighted by Gasteiger charge is -2.16. The topological polar surface area (TPSA) is 46.2 Å². The number of phenols is 1. The molecule has 2 rings (SSSR count). The fourth-order valence-corrected chi connectivity index (χ4v) is 2.05. The van der Waals surface area contributed by atoms with Crippen LogP contribution >= 0.6 is 0 Å². The molecule has 0 aromatic heterocycles. The Morgan fingerprint density at radius 1 is 1.27 bits per heavy atom. The van der Waals surface area contributed by atoms with Gasteiger partial charge in [0.2, 0.25) is 0 Å². The lowest BCUT2D eigenvalue weighted by Crippen LogP contribution is -2.25. The molecule has 15 heavy (non-hydrogen) atoms. The fraction of sp³-hybridized carbons (Fsp3) is 0.538. The van der Waals surface area contributed by atoms with E-state index in [9.17, 15) is 5.11 Å². The fourth-order valence-electron chi connectivity index (χ4n) is 2.05. The van der Waals surface area contributed by atoms with Crippen LogP contribution in [0.2, 0.25) is 0 Å². The van der Waals surface area contributed by atoms with Crippen LogP contribution in [0.1, 0.15) is 35.1 Å². The summed E-state index contributed by atoms with van der Waals surface area (Å²) in [6.45, 7) is 5.98. The molecule has 2 nitrogen and oxygen atoms in total. The van der Waals surface area contributed by atoms with Crippen molar-refractivity contribution in [3.63, 3.8) is 0 Å². The van der Waals surface area contributed by atoms with E-state index in [0.29, 0.717) is 5.75 Å². The Balaban J connectivity index is 2.39. The second kappa shape index (κ2) is 3.24. The number of benzene rings is 1. The van der Waals surface area contributed by atoms with Gasteiger partial charge in [-0.25, -0.2) is 0 Å². The second-order valence-electron chi connectivity index (χ2n) is 4.99. The first-order valence-corrected chi connectivity index (χ1v) is 5.50. The molecule has 0 aliphatic heterocycles. The van der Waals surface area contributed by atoms with Crippen LogP contribution in [0.4, 0.5) is 0 Å². The molecule has 2 heteroatoms. The van der Waals surface area contributed by atoms with E-state index in [2.05, 4.69) is 13.0 Å². The molecule has 1 saturated carbocycles. The third kappa shape index (κ3) is 1.86. The summed E-state index contributed by atoms with van der Waals surface area (Å²) >= 11 is 0.